The van der Waals surface area contributed by atoms with Crippen molar-refractivity contribution in [3.8, 4) is 5.75 Å². The molecule has 1 aliphatic carbocycles. The molecular weight excluding hydrogens is 446 g/mol. The highest BCUT2D eigenvalue weighted by Gasteiger charge is 2.54. The number of nitrogens with zero attached hydrogens (tertiary/aromatic N) is 1. The van der Waals surface area contributed by atoms with E-state index in [1.54, 1.807) is 12.1 Å². The number of aromatic nitrogens is 1. The van der Waals surface area contributed by atoms with E-state index in [9.17, 15) is 18.0 Å². The summed E-state index contributed by atoms with van der Waals surface area (Å²) in [4.78, 5) is 13.3. The topological polar surface area (TPSA) is 31.2 Å². The third-order valence-corrected chi connectivity index (χ3v) is 6.53. The van der Waals surface area contributed by atoms with E-state index in [4.69, 9.17) is 4.74 Å². The Morgan fingerprint density at radius 1 is 0.941 bits per heavy atom. The summed E-state index contributed by atoms with van der Waals surface area (Å²) in [7, 11) is 1.44. The predicted octanol–water partition coefficient (Wildman–Crippen LogP) is 6.36. The number of fused-ring (bicyclic) bond motifs is 1. The first-order valence-corrected chi connectivity index (χ1v) is 10.9. The molecule has 0 unspecified atom stereocenters. The van der Waals surface area contributed by atoms with E-state index in [2.05, 4.69) is 0 Å². The Morgan fingerprint density at radius 2 is 1.62 bits per heavy atom. The number of ether oxygens (including phenoxy) is 1. The number of benzene rings is 3. The maximum atomic E-state index is 15.7. The van der Waals surface area contributed by atoms with Crippen LogP contribution in [0.2, 0.25) is 0 Å². The van der Waals surface area contributed by atoms with Crippen LogP contribution in [0.25, 0.3) is 10.9 Å². The standard InChI is InChI=1S/C27H21F4NO2/c1-32-20-12-6-5-10-18(20)22(27(29,30)31)23(25(32)33)26(14-15-26)19-11-7-13-21(24(19)28)34-16-17-8-3-2-4-9-17/h2-13H,14-16H2,1H3. The van der Waals surface area contributed by atoms with Crippen molar-refractivity contribution in [2.75, 3.05) is 0 Å². The molecule has 0 aliphatic heterocycles. The van der Waals surface area contributed by atoms with Crippen LogP contribution in [-0.2, 0) is 25.2 Å². The van der Waals surface area contributed by atoms with Crippen LogP contribution in [0.4, 0.5) is 17.6 Å². The molecule has 0 spiro atoms. The van der Waals surface area contributed by atoms with E-state index in [-0.39, 0.29) is 41.7 Å². The molecule has 1 heterocycles. The van der Waals surface area contributed by atoms with Gasteiger partial charge in [-0.25, -0.2) is 4.39 Å². The van der Waals surface area contributed by atoms with Crippen molar-refractivity contribution < 1.29 is 22.3 Å². The highest BCUT2D eigenvalue weighted by atomic mass is 19.4. The number of halogens is 4. The van der Waals surface area contributed by atoms with Gasteiger partial charge in [0.25, 0.3) is 5.56 Å². The van der Waals surface area contributed by atoms with Crippen LogP contribution in [0.5, 0.6) is 5.75 Å². The Morgan fingerprint density at radius 3 is 2.29 bits per heavy atom. The first-order chi connectivity index (χ1) is 16.2. The minimum absolute atomic E-state index is 0.0518. The van der Waals surface area contributed by atoms with Crippen LogP contribution in [0.3, 0.4) is 0 Å². The van der Waals surface area contributed by atoms with Crippen molar-refractivity contribution in [1.82, 2.24) is 4.57 Å². The van der Waals surface area contributed by atoms with E-state index < -0.39 is 34.1 Å². The van der Waals surface area contributed by atoms with Gasteiger partial charge >= 0.3 is 6.18 Å². The maximum Gasteiger partial charge on any atom is 0.417 e. The van der Waals surface area contributed by atoms with Crippen LogP contribution in [-0.4, -0.2) is 4.57 Å². The normalized spacial score (nSPS) is 14.9. The molecule has 5 rings (SSSR count). The van der Waals surface area contributed by atoms with Gasteiger partial charge in [-0.3, -0.25) is 4.79 Å². The third-order valence-electron chi connectivity index (χ3n) is 6.53. The van der Waals surface area contributed by atoms with Crippen molar-refractivity contribution in [3.63, 3.8) is 0 Å². The van der Waals surface area contributed by atoms with E-state index in [1.807, 2.05) is 30.3 Å². The summed E-state index contributed by atoms with van der Waals surface area (Å²) in [6.45, 7) is 0.111. The Hall–Kier alpha value is -3.61. The van der Waals surface area contributed by atoms with E-state index in [1.165, 1.54) is 41.9 Å². The zero-order chi connectivity index (χ0) is 24.1. The van der Waals surface area contributed by atoms with Crippen molar-refractivity contribution in [1.29, 1.82) is 0 Å². The molecule has 1 fully saturated rings. The van der Waals surface area contributed by atoms with Crippen molar-refractivity contribution in [2.45, 2.75) is 31.0 Å². The molecule has 7 heteroatoms. The smallest absolute Gasteiger partial charge is 0.417 e. The molecule has 34 heavy (non-hydrogen) atoms. The van der Waals surface area contributed by atoms with Crippen molar-refractivity contribution in [3.05, 3.63) is 111 Å². The molecule has 0 saturated heterocycles. The zero-order valence-electron chi connectivity index (χ0n) is 18.3. The molecule has 0 amide bonds. The summed E-state index contributed by atoms with van der Waals surface area (Å²) in [5.74, 6) is -0.793. The fourth-order valence-corrected chi connectivity index (χ4v) is 4.74. The first-order valence-electron chi connectivity index (χ1n) is 10.9. The van der Waals surface area contributed by atoms with Crippen molar-refractivity contribution >= 4 is 10.9 Å². The number of alkyl halides is 3. The van der Waals surface area contributed by atoms with Gasteiger partial charge in [-0.1, -0.05) is 60.7 Å². The molecule has 4 aromatic rings. The predicted molar refractivity (Wildman–Crippen MR) is 121 cm³/mol. The van der Waals surface area contributed by atoms with Gasteiger partial charge < -0.3 is 9.30 Å². The van der Waals surface area contributed by atoms with E-state index in [0.29, 0.717) is 0 Å². The quantitative estimate of drug-likeness (QED) is 0.320. The number of hydrogen-bond acceptors (Lipinski definition) is 2. The molecule has 3 aromatic carbocycles. The van der Waals surface area contributed by atoms with Gasteiger partial charge in [-0.05, 0) is 30.5 Å². The molecule has 1 aromatic heterocycles. The van der Waals surface area contributed by atoms with Crippen LogP contribution < -0.4 is 10.3 Å². The second kappa shape index (κ2) is 8.01. The Balaban J connectivity index is 1.67. The number of aryl methyl sites for hydroxylation is 1. The fourth-order valence-electron chi connectivity index (χ4n) is 4.74. The number of para-hydroxylation sites is 1. The van der Waals surface area contributed by atoms with Gasteiger partial charge in [-0.15, -0.1) is 0 Å². The second-order valence-corrected chi connectivity index (χ2v) is 8.60. The van der Waals surface area contributed by atoms with Gasteiger partial charge in [0.2, 0.25) is 0 Å². The van der Waals surface area contributed by atoms with Crippen LogP contribution in [0.1, 0.15) is 35.1 Å². The van der Waals surface area contributed by atoms with Gasteiger partial charge in [0.1, 0.15) is 6.61 Å². The van der Waals surface area contributed by atoms with Crippen LogP contribution >= 0.6 is 0 Å². The number of rotatable bonds is 5. The van der Waals surface area contributed by atoms with Gasteiger partial charge in [0.05, 0.1) is 11.1 Å². The molecule has 0 radical (unpaired) electrons. The lowest BCUT2D eigenvalue weighted by Gasteiger charge is -2.24. The largest absolute Gasteiger partial charge is 0.486 e. The fraction of sp³-hybridized carbons (Fsp3) is 0.222. The summed E-state index contributed by atoms with van der Waals surface area (Å²) in [6, 6.07) is 19.6. The first kappa shape index (κ1) is 22.2. The summed E-state index contributed by atoms with van der Waals surface area (Å²) in [6.07, 6.45) is -4.30. The Kier molecular flexibility index (Phi) is 5.23. The molecule has 1 aliphatic rings. The lowest BCUT2D eigenvalue weighted by atomic mass is 9.83. The lowest BCUT2D eigenvalue weighted by Crippen LogP contribution is -2.33. The second-order valence-electron chi connectivity index (χ2n) is 8.60. The highest BCUT2D eigenvalue weighted by molar-refractivity contribution is 5.85. The van der Waals surface area contributed by atoms with E-state index in [0.717, 1.165) is 5.56 Å². The molecular formula is C27H21F4NO2. The Labute approximate surface area is 193 Å². The molecule has 3 nitrogen and oxygen atoms in total. The summed E-state index contributed by atoms with van der Waals surface area (Å²) in [5.41, 5.74) is -2.45. The maximum absolute atomic E-state index is 15.7. The summed E-state index contributed by atoms with van der Waals surface area (Å²) in [5, 5.41) is -0.0738. The average Bonchev–Trinajstić information content (AvgIpc) is 3.62. The average molecular weight is 467 g/mol. The molecule has 0 atom stereocenters. The molecule has 0 bridgehead atoms. The third kappa shape index (κ3) is 3.56. The van der Waals surface area contributed by atoms with Gasteiger partial charge in [-0.2, -0.15) is 13.2 Å². The monoisotopic (exact) mass is 467 g/mol. The summed E-state index contributed by atoms with van der Waals surface area (Å²) >= 11 is 0. The lowest BCUT2D eigenvalue weighted by molar-refractivity contribution is -0.137. The molecule has 0 N–H and O–H groups in total. The van der Waals surface area contributed by atoms with Crippen LogP contribution in [0, 0.1) is 5.82 Å². The van der Waals surface area contributed by atoms with Crippen molar-refractivity contribution in [2.24, 2.45) is 7.05 Å². The van der Waals surface area contributed by atoms with E-state index >= 15 is 4.39 Å². The zero-order valence-corrected chi connectivity index (χ0v) is 18.3. The summed E-state index contributed by atoms with van der Waals surface area (Å²) < 4.78 is 65.7. The molecule has 1 saturated carbocycles. The Bertz CT molecular complexity index is 1440. The highest BCUT2D eigenvalue weighted by Crippen LogP contribution is 2.57. The van der Waals surface area contributed by atoms with Gasteiger partial charge in [0, 0.05) is 29.0 Å². The van der Waals surface area contributed by atoms with Crippen LogP contribution in [0.15, 0.2) is 77.6 Å². The minimum atomic E-state index is -4.78. The number of hydrogen-bond donors (Lipinski definition) is 0. The number of pyridine rings is 1. The SMILES string of the molecule is Cn1c(=O)c(C2(c3cccc(OCc4ccccc4)c3F)CC2)c(C(F)(F)F)c2ccccc21. The minimum Gasteiger partial charge on any atom is -0.486 e. The molecule has 174 valence electrons. The van der Waals surface area contributed by atoms with Gasteiger partial charge in [0.15, 0.2) is 11.6 Å².